The number of nitrogens with zero attached hydrogens (tertiary/aromatic N) is 1. The van der Waals surface area contributed by atoms with Gasteiger partial charge in [-0.3, -0.25) is 4.79 Å². The average Bonchev–Trinajstić information content (AvgIpc) is 2.92. The highest BCUT2D eigenvalue weighted by Gasteiger charge is 2.16. The van der Waals surface area contributed by atoms with Gasteiger partial charge in [0.05, 0.1) is 5.69 Å². The van der Waals surface area contributed by atoms with Gasteiger partial charge in [-0.05, 0) is 50.2 Å². The van der Waals surface area contributed by atoms with Crippen molar-refractivity contribution in [1.29, 1.82) is 0 Å². The third-order valence-corrected chi connectivity index (χ3v) is 4.61. The Morgan fingerprint density at radius 3 is 2.35 bits per heavy atom. The molecule has 0 aliphatic carbocycles. The molecule has 0 spiro atoms. The number of benzene rings is 2. The molecule has 1 heterocycles. The van der Waals surface area contributed by atoms with Crippen LogP contribution < -0.4 is 5.32 Å². The number of hydrogen-bond donors (Lipinski definition) is 1. The highest BCUT2D eigenvalue weighted by molar-refractivity contribution is 7.17. The largest absolute Gasteiger partial charge is 0.321 e. The van der Waals surface area contributed by atoms with Crippen molar-refractivity contribution in [2.45, 2.75) is 13.8 Å². The molecule has 3 rings (SSSR count). The first-order valence-corrected chi connectivity index (χ1v) is 7.96. The quantitative estimate of drug-likeness (QED) is 0.750. The van der Waals surface area contributed by atoms with Crippen molar-refractivity contribution in [3.8, 4) is 10.6 Å². The molecule has 0 unspecified atom stereocenters. The molecule has 1 aromatic heterocycles. The first kappa shape index (κ1) is 15.4. The molecule has 0 aliphatic heterocycles. The predicted molar refractivity (Wildman–Crippen MR) is 91.4 cm³/mol. The molecule has 0 saturated heterocycles. The summed E-state index contributed by atoms with van der Waals surface area (Å²) < 4.78 is 13.0. The topological polar surface area (TPSA) is 42.0 Å². The van der Waals surface area contributed by atoms with E-state index in [4.69, 9.17) is 0 Å². The summed E-state index contributed by atoms with van der Waals surface area (Å²) >= 11 is 1.30. The van der Waals surface area contributed by atoms with E-state index in [9.17, 15) is 9.18 Å². The Morgan fingerprint density at radius 2 is 1.70 bits per heavy atom. The lowest BCUT2D eigenvalue weighted by Gasteiger charge is -2.04. The maximum absolute atomic E-state index is 13.0. The van der Waals surface area contributed by atoms with Crippen molar-refractivity contribution in [1.82, 2.24) is 4.98 Å². The zero-order valence-corrected chi connectivity index (χ0v) is 13.6. The highest BCUT2D eigenvalue weighted by atomic mass is 32.1. The molecule has 0 bridgehead atoms. The third-order valence-electron chi connectivity index (χ3n) is 3.40. The number of aryl methyl sites for hydroxylation is 2. The van der Waals surface area contributed by atoms with Crippen LogP contribution in [0.5, 0.6) is 0 Å². The summed E-state index contributed by atoms with van der Waals surface area (Å²) in [6.07, 6.45) is 0. The lowest BCUT2D eigenvalue weighted by atomic mass is 10.2. The van der Waals surface area contributed by atoms with Gasteiger partial charge in [-0.25, -0.2) is 9.37 Å². The van der Waals surface area contributed by atoms with Crippen LogP contribution in [0.1, 0.15) is 20.9 Å². The van der Waals surface area contributed by atoms with E-state index in [1.165, 1.54) is 23.5 Å². The minimum absolute atomic E-state index is 0.183. The Balaban J connectivity index is 1.84. The molecule has 0 saturated carbocycles. The molecule has 0 fully saturated rings. The summed E-state index contributed by atoms with van der Waals surface area (Å²) in [6, 6.07) is 13.7. The predicted octanol–water partition coefficient (Wildman–Crippen LogP) is 4.82. The number of thiazole rings is 1. The molecule has 2 aromatic carbocycles. The molecule has 116 valence electrons. The van der Waals surface area contributed by atoms with E-state index in [-0.39, 0.29) is 11.7 Å². The lowest BCUT2D eigenvalue weighted by Crippen LogP contribution is -2.11. The summed E-state index contributed by atoms with van der Waals surface area (Å²) in [5, 5.41) is 3.58. The fraction of sp³-hybridized carbons (Fsp3) is 0.111. The van der Waals surface area contributed by atoms with Gasteiger partial charge >= 0.3 is 0 Å². The van der Waals surface area contributed by atoms with Gasteiger partial charge in [-0.1, -0.05) is 17.7 Å². The Hall–Kier alpha value is -2.53. The van der Waals surface area contributed by atoms with Gasteiger partial charge in [0.15, 0.2) is 0 Å². The molecule has 0 atom stereocenters. The van der Waals surface area contributed by atoms with Crippen LogP contribution in [0.15, 0.2) is 48.5 Å². The number of aromatic nitrogens is 1. The van der Waals surface area contributed by atoms with Crippen LogP contribution in [-0.4, -0.2) is 10.9 Å². The lowest BCUT2D eigenvalue weighted by molar-refractivity contribution is 0.103. The van der Waals surface area contributed by atoms with E-state index in [2.05, 4.69) is 10.3 Å². The summed E-state index contributed by atoms with van der Waals surface area (Å²) in [5.41, 5.74) is 3.35. The highest BCUT2D eigenvalue weighted by Crippen LogP contribution is 2.28. The second kappa shape index (κ2) is 6.30. The van der Waals surface area contributed by atoms with Crippen LogP contribution in [-0.2, 0) is 0 Å². The molecule has 5 heteroatoms. The van der Waals surface area contributed by atoms with Crippen molar-refractivity contribution in [2.24, 2.45) is 0 Å². The van der Waals surface area contributed by atoms with E-state index in [0.717, 1.165) is 16.8 Å². The van der Waals surface area contributed by atoms with Crippen LogP contribution in [0.2, 0.25) is 0 Å². The fourth-order valence-corrected chi connectivity index (χ4v) is 3.11. The smallest absolute Gasteiger partial charge is 0.267 e. The normalized spacial score (nSPS) is 10.6. The van der Waals surface area contributed by atoms with Crippen LogP contribution in [0.25, 0.3) is 10.6 Å². The number of anilines is 1. The Bertz CT molecular complexity index is 838. The van der Waals surface area contributed by atoms with E-state index >= 15 is 0 Å². The van der Waals surface area contributed by atoms with Gasteiger partial charge < -0.3 is 5.32 Å². The maximum Gasteiger partial charge on any atom is 0.267 e. The molecule has 3 nitrogen and oxygen atoms in total. The van der Waals surface area contributed by atoms with Crippen LogP contribution in [0.3, 0.4) is 0 Å². The van der Waals surface area contributed by atoms with Crippen molar-refractivity contribution in [3.63, 3.8) is 0 Å². The van der Waals surface area contributed by atoms with Gasteiger partial charge in [-0.2, -0.15) is 0 Å². The van der Waals surface area contributed by atoms with E-state index in [0.29, 0.717) is 15.6 Å². The summed E-state index contributed by atoms with van der Waals surface area (Å²) in [5.74, 6) is -0.475. The second-order valence-electron chi connectivity index (χ2n) is 5.26. The Labute approximate surface area is 137 Å². The molecule has 0 aliphatic rings. The van der Waals surface area contributed by atoms with Gasteiger partial charge in [0.25, 0.3) is 5.91 Å². The van der Waals surface area contributed by atoms with Gasteiger partial charge in [0, 0.05) is 11.3 Å². The monoisotopic (exact) mass is 326 g/mol. The number of halogens is 1. The zero-order chi connectivity index (χ0) is 16.4. The fourth-order valence-electron chi connectivity index (χ4n) is 2.15. The minimum atomic E-state index is -0.292. The molecule has 0 radical (unpaired) electrons. The number of carbonyl (C=O) groups excluding carboxylic acids is 1. The first-order valence-electron chi connectivity index (χ1n) is 7.14. The van der Waals surface area contributed by atoms with Crippen LogP contribution in [0, 0.1) is 19.7 Å². The first-order chi connectivity index (χ1) is 11.0. The van der Waals surface area contributed by atoms with E-state index < -0.39 is 0 Å². The maximum atomic E-state index is 13.0. The Morgan fingerprint density at radius 1 is 1.04 bits per heavy atom. The molecule has 3 aromatic rings. The third kappa shape index (κ3) is 3.46. The molecular weight excluding hydrogens is 311 g/mol. The summed E-state index contributed by atoms with van der Waals surface area (Å²) in [7, 11) is 0. The second-order valence-corrected chi connectivity index (χ2v) is 6.26. The average molecular weight is 326 g/mol. The summed E-state index contributed by atoms with van der Waals surface area (Å²) in [4.78, 5) is 17.4. The minimum Gasteiger partial charge on any atom is -0.321 e. The number of hydrogen-bond acceptors (Lipinski definition) is 3. The van der Waals surface area contributed by atoms with Gasteiger partial charge in [0.2, 0.25) is 0 Å². The van der Waals surface area contributed by atoms with Crippen molar-refractivity contribution >= 4 is 22.9 Å². The number of rotatable bonds is 3. The zero-order valence-electron chi connectivity index (χ0n) is 12.8. The van der Waals surface area contributed by atoms with Crippen LogP contribution >= 0.6 is 11.3 Å². The standard InChI is InChI=1S/C18H15FN2OS/c1-11-3-9-15(10-4-11)21-17(22)16-12(2)20-18(23-16)13-5-7-14(19)8-6-13/h3-10H,1-2H3,(H,21,22). The number of nitrogens with one attached hydrogen (secondary N) is 1. The van der Waals surface area contributed by atoms with E-state index in [1.54, 1.807) is 19.1 Å². The number of carbonyl (C=O) groups is 1. The summed E-state index contributed by atoms with van der Waals surface area (Å²) in [6.45, 7) is 3.79. The van der Waals surface area contributed by atoms with E-state index in [1.807, 2.05) is 31.2 Å². The van der Waals surface area contributed by atoms with Gasteiger partial charge in [0.1, 0.15) is 15.7 Å². The SMILES string of the molecule is Cc1ccc(NC(=O)c2sc(-c3ccc(F)cc3)nc2C)cc1. The molecule has 23 heavy (non-hydrogen) atoms. The van der Waals surface area contributed by atoms with Crippen molar-refractivity contribution < 1.29 is 9.18 Å². The van der Waals surface area contributed by atoms with Gasteiger partial charge in [-0.15, -0.1) is 11.3 Å². The molecule has 1 N–H and O–H groups in total. The van der Waals surface area contributed by atoms with Crippen molar-refractivity contribution in [2.75, 3.05) is 5.32 Å². The van der Waals surface area contributed by atoms with Crippen molar-refractivity contribution in [3.05, 3.63) is 70.5 Å². The Kier molecular flexibility index (Phi) is 4.21. The molecular formula is C18H15FN2OS. The molecule has 1 amide bonds. The van der Waals surface area contributed by atoms with Crippen LogP contribution in [0.4, 0.5) is 10.1 Å². The number of amides is 1.